The summed E-state index contributed by atoms with van der Waals surface area (Å²) >= 11 is 0. The summed E-state index contributed by atoms with van der Waals surface area (Å²) < 4.78 is 0. The van der Waals surface area contributed by atoms with E-state index < -0.39 is 0 Å². The normalized spacial score (nSPS) is 18.3. The lowest BCUT2D eigenvalue weighted by molar-refractivity contribution is -0.138. The summed E-state index contributed by atoms with van der Waals surface area (Å²) in [5, 5.41) is 5.60. The van der Waals surface area contributed by atoms with Gasteiger partial charge in [0.05, 0.1) is 17.9 Å². The summed E-state index contributed by atoms with van der Waals surface area (Å²) in [6, 6.07) is 7.15. The standard InChI is InChI=1S/C20H28N4O3/c1-15(25)21-17-8-2-3-9-18(17)22-19(26)14-23-10-5-11-24(13-12-23)20(27)16-6-4-7-16/h2-3,8-9,16H,4-7,10-14H2,1H3,(H,21,25)(H,22,26). The van der Waals surface area contributed by atoms with Crippen molar-refractivity contribution in [1.82, 2.24) is 9.80 Å². The van der Waals surface area contributed by atoms with Crippen molar-refractivity contribution in [3.63, 3.8) is 0 Å². The maximum absolute atomic E-state index is 12.5. The van der Waals surface area contributed by atoms with Gasteiger partial charge in [-0.1, -0.05) is 18.6 Å². The molecule has 7 nitrogen and oxygen atoms in total. The maximum atomic E-state index is 12.5. The molecule has 0 spiro atoms. The molecular formula is C20H28N4O3. The third-order valence-corrected chi connectivity index (χ3v) is 5.23. The molecule has 3 amide bonds. The lowest BCUT2D eigenvalue weighted by Gasteiger charge is -2.31. The Hall–Kier alpha value is -2.41. The van der Waals surface area contributed by atoms with Crippen molar-refractivity contribution in [2.75, 3.05) is 43.4 Å². The molecule has 1 aliphatic carbocycles. The van der Waals surface area contributed by atoms with Crippen molar-refractivity contribution in [1.29, 1.82) is 0 Å². The first kappa shape index (κ1) is 19.4. The van der Waals surface area contributed by atoms with E-state index in [4.69, 9.17) is 0 Å². The molecule has 0 atom stereocenters. The minimum atomic E-state index is -0.180. The minimum Gasteiger partial charge on any atom is -0.341 e. The Balaban J connectivity index is 1.51. The second-order valence-corrected chi connectivity index (χ2v) is 7.36. The molecule has 1 heterocycles. The summed E-state index contributed by atoms with van der Waals surface area (Å²) in [5.41, 5.74) is 1.18. The highest BCUT2D eigenvalue weighted by atomic mass is 16.2. The van der Waals surface area contributed by atoms with Gasteiger partial charge in [-0.25, -0.2) is 0 Å². The van der Waals surface area contributed by atoms with Crippen LogP contribution in [0.5, 0.6) is 0 Å². The Morgan fingerprint density at radius 3 is 2.30 bits per heavy atom. The molecule has 0 unspecified atom stereocenters. The number of nitrogens with one attached hydrogen (secondary N) is 2. The Morgan fingerprint density at radius 2 is 1.67 bits per heavy atom. The molecular weight excluding hydrogens is 344 g/mol. The maximum Gasteiger partial charge on any atom is 0.238 e. The van der Waals surface area contributed by atoms with Crippen LogP contribution in [0.4, 0.5) is 11.4 Å². The van der Waals surface area contributed by atoms with E-state index >= 15 is 0 Å². The van der Waals surface area contributed by atoms with E-state index in [1.165, 1.54) is 6.92 Å². The molecule has 1 saturated heterocycles. The van der Waals surface area contributed by atoms with Gasteiger partial charge in [0, 0.05) is 39.0 Å². The first-order chi connectivity index (χ1) is 13.0. The third kappa shape index (κ3) is 5.29. The first-order valence-corrected chi connectivity index (χ1v) is 9.70. The van der Waals surface area contributed by atoms with Gasteiger partial charge in [0.25, 0.3) is 0 Å². The minimum absolute atomic E-state index is 0.119. The highest BCUT2D eigenvalue weighted by Gasteiger charge is 2.30. The monoisotopic (exact) mass is 372 g/mol. The van der Waals surface area contributed by atoms with Crippen LogP contribution >= 0.6 is 0 Å². The molecule has 7 heteroatoms. The zero-order valence-electron chi connectivity index (χ0n) is 15.9. The first-order valence-electron chi connectivity index (χ1n) is 9.70. The van der Waals surface area contributed by atoms with Crippen molar-refractivity contribution < 1.29 is 14.4 Å². The average Bonchev–Trinajstić information content (AvgIpc) is 2.80. The number of rotatable bonds is 5. The molecule has 0 radical (unpaired) electrons. The van der Waals surface area contributed by atoms with Gasteiger partial charge in [-0.3, -0.25) is 19.3 Å². The lowest BCUT2D eigenvalue weighted by atomic mass is 9.84. The molecule has 2 N–H and O–H groups in total. The Kier molecular flexibility index (Phi) is 6.45. The van der Waals surface area contributed by atoms with Gasteiger partial charge < -0.3 is 15.5 Å². The fraction of sp³-hybridized carbons (Fsp3) is 0.550. The summed E-state index contributed by atoms with van der Waals surface area (Å²) in [6.07, 6.45) is 4.09. The fourth-order valence-electron chi connectivity index (χ4n) is 3.55. The molecule has 1 aromatic rings. The number of para-hydroxylation sites is 2. The van der Waals surface area contributed by atoms with E-state index in [-0.39, 0.29) is 30.2 Å². The van der Waals surface area contributed by atoms with Crippen LogP contribution in [0.2, 0.25) is 0 Å². The largest absolute Gasteiger partial charge is 0.341 e. The highest BCUT2D eigenvalue weighted by molar-refractivity contribution is 5.99. The summed E-state index contributed by atoms with van der Waals surface area (Å²) in [7, 11) is 0. The van der Waals surface area contributed by atoms with E-state index in [9.17, 15) is 14.4 Å². The van der Waals surface area contributed by atoms with Crippen LogP contribution in [0.3, 0.4) is 0 Å². The van der Waals surface area contributed by atoms with Crippen LogP contribution in [0.15, 0.2) is 24.3 Å². The molecule has 1 aromatic carbocycles. The van der Waals surface area contributed by atoms with Crippen LogP contribution in [0.1, 0.15) is 32.6 Å². The number of nitrogens with zero attached hydrogens (tertiary/aromatic N) is 2. The fourth-order valence-corrected chi connectivity index (χ4v) is 3.55. The molecule has 2 aliphatic rings. The second-order valence-electron chi connectivity index (χ2n) is 7.36. The molecule has 0 aromatic heterocycles. The lowest BCUT2D eigenvalue weighted by Crippen LogP contribution is -2.41. The van der Waals surface area contributed by atoms with Gasteiger partial charge in [0.1, 0.15) is 0 Å². The Morgan fingerprint density at radius 1 is 0.963 bits per heavy atom. The van der Waals surface area contributed by atoms with Crippen molar-refractivity contribution in [3.05, 3.63) is 24.3 Å². The number of hydrogen-bond acceptors (Lipinski definition) is 4. The van der Waals surface area contributed by atoms with Gasteiger partial charge in [-0.15, -0.1) is 0 Å². The highest BCUT2D eigenvalue weighted by Crippen LogP contribution is 2.28. The topological polar surface area (TPSA) is 81.8 Å². The Labute approximate surface area is 160 Å². The van der Waals surface area contributed by atoms with Crippen LogP contribution in [0.25, 0.3) is 0 Å². The Bertz CT molecular complexity index is 702. The van der Waals surface area contributed by atoms with E-state index in [1.54, 1.807) is 12.1 Å². The predicted octanol–water partition coefficient (Wildman–Crippen LogP) is 1.92. The molecule has 1 aliphatic heterocycles. The summed E-state index contributed by atoms with van der Waals surface area (Å²) in [5.74, 6) is 0.217. The number of benzene rings is 1. The smallest absolute Gasteiger partial charge is 0.238 e. The molecule has 1 saturated carbocycles. The molecule has 27 heavy (non-hydrogen) atoms. The number of anilines is 2. The van der Waals surface area contributed by atoms with Gasteiger partial charge in [-0.05, 0) is 31.4 Å². The van der Waals surface area contributed by atoms with E-state index in [1.807, 2.05) is 17.0 Å². The quantitative estimate of drug-likeness (QED) is 0.827. The van der Waals surface area contributed by atoms with Crippen molar-refractivity contribution in [3.8, 4) is 0 Å². The van der Waals surface area contributed by atoms with E-state index in [2.05, 4.69) is 15.5 Å². The van der Waals surface area contributed by atoms with E-state index in [0.717, 1.165) is 38.8 Å². The number of hydrogen-bond donors (Lipinski definition) is 2. The summed E-state index contributed by atoms with van der Waals surface area (Å²) in [6.45, 7) is 4.69. The number of carbonyl (C=O) groups excluding carboxylic acids is 3. The van der Waals surface area contributed by atoms with Crippen LogP contribution < -0.4 is 10.6 Å². The van der Waals surface area contributed by atoms with E-state index in [0.29, 0.717) is 24.5 Å². The van der Waals surface area contributed by atoms with Crippen LogP contribution in [-0.2, 0) is 14.4 Å². The third-order valence-electron chi connectivity index (χ3n) is 5.23. The average molecular weight is 372 g/mol. The van der Waals surface area contributed by atoms with Crippen LogP contribution in [-0.4, -0.2) is 60.2 Å². The van der Waals surface area contributed by atoms with Crippen LogP contribution in [0, 0.1) is 5.92 Å². The molecule has 0 bridgehead atoms. The molecule has 2 fully saturated rings. The van der Waals surface area contributed by atoms with Gasteiger partial charge in [-0.2, -0.15) is 0 Å². The predicted molar refractivity (Wildman–Crippen MR) is 104 cm³/mol. The second kappa shape index (κ2) is 8.99. The van der Waals surface area contributed by atoms with Crippen molar-refractivity contribution in [2.45, 2.75) is 32.6 Å². The zero-order valence-corrected chi connectivity index (χ0v) is 15.9. The number of carbonyl (C=O) groups is 3. The molecule has 146 valence electrons. The zero-order chi connectivity index (χ0) is 19.2. The SMILES string of the molecule is CC(=O)Nc1ccccc1NC(=O)CN1CCCN(C(=O)C2CCC2)CC1. The van der Waals surface area contributed by atoms with Crippen molar-refractivity contribution >= 4 is 29.1 Å². The number of amides is 3. The summed E-state index contributed by atoms with van der Waals surface area (Å²) in [4.78, 5) is 40.2. The van der Waals surface area contributed by atoms with Gasteiger partial charge in [0.15, 0.2) is 0 Å². The van der Waals surface area contributed by atoms with Crippen molar-refractivity contribution in [2.24, 2.45) is 5.92 Å². The molecule has 3 rings (SSSR count). The van der Waals surface area contributed by atoms with Gasteiger partial charge in [0.2, 0.25) is 17.7 Å². The van der Waals surface area contributed by atoms with Gasteiger partial charge >= 0.3 is 0 Å².